The molecule has 6 nitrogen and oxygen atoms in total. The lowest BCUT2D eigenvalue weighted by atomic mass is 10.4. The van der Waals surface area contributed by atoms with Crippen LogP contribution in [0.1, 0.15) is 23.0 Å². The van der Waals surface area contributed by atoms with Crippen molar-refractivity contribution < 1.29 is 9.90 Å². The van der Waals surface area contributed by atoms with E-state index in [2.05, 4.69) is 17.2 Å². The number of nitrogens with two attached hydrogens (primary N) is 1. The standard InChI is InChI=1S/C10H18N4O2S/c1-3-5-14(2)10-13-8(11)7(17-10)9(16)12-4-6-15/h15H,3-6,11H2,1-2H3,(H,12,16). The van der Waals surface area contributed by atoms with E-state index in [1.54, 1.807) is 0 Å². The molecular formula is C10H18N4O2S. The third-order valence-electron chi connectivity index (χ3n) is 2.13. The molecule has 1 rings (SSSR count). The Balaban J connectivity index is 2.77. The molecule has 0 radical (unpaired) electrons. The summed E-state index contributed by atoms with van der Waals surface area (Å²) in [6, 6.07) is 0. The summed E-state index contributed by atoms with van der Waals surface area (Å²) in [5.74, 6) is -0.0476. The molecule has 0 atom stereocenters. The second-order valence-corrected chi connectivity index (χ2v) is 4.59. The quantitative estimate of drug-likeness (QED) is 0.682. The average molecular weight is 258 g/mol. The Hall–Kier alpha value is -1.34. The predicted molar refractivity (Wildman–Crippen MR) is 69.5 cm³/mol. The summed E-state index contributed by atoms with van der Waals surface area (Å²) in [5, 5.41) is 11.9. The number of carbonyl (C=O) groups excluding carboxylic acids is 1. The van der Waals surface area contributed by atoms with E-state index in [1.165, 1.54) is 11.3 Å². The number of hydrogen-bond donors (Lipinski definition) is 3. The van der Waals surface area contributed by atoms with E-state index in [9.17, 15) is 4.79 Å². The van der Waals surface area contributed by atoms with E-state index in [4.69, 9.17) is 10.8 Å². The van der Waals surface area contributed by atoms with E-state index in [0.29, 0.717) is 4.88 Å². The first kappa shape index (κ1) is 13.7. The van der Waals surface area contributed by atoms with Gasteiger partial charge >= 0.3 is 0 Å². The lowest BCUT2D eigenvalue weighted by molar-refractivity contribution is 0.0949. The molecule has 1 heterocycles. The molecule has 0 aliphatic carbocycles. The number of nitrogen functional groups attached to an aromatic ring is 1. The van der Waals surface area contributed by atoms with Crippen LogP contribution in [0.15, 0.2) is 0 Å². The normalized spacial score (nSPS) is 10.3. The second-order valence-electron chi connectivity index (χ2n) is 3.61. The summed E-state index contributed by atoms with van der Waals surface area (Å²) >= 11 is 1.26. The van der Waals surface area contributed by atoms with E-state index >= 15 is 0 Å². The zero-order valence-corrected chi connectivity index (χ0v) is 10.9. The Morgan fingerprint density at radius 3 is 2.94 bits per heavy atom. The average Bonchev–Trinajstić information content (AvgIpc) is 2.68. The van der Waals surface area contributed by atoms with Gasteiger partial charge in [0.2, 0.25) is 0 Å². The molecule has 96 valence electrons. The summed E-state index contributed by atoms with van der Waals surface area (Å²) in [5.41, 5.74) is 5.70. The first-order valence-electron chi connectivity index (χ1n) is 5.46. The van der Waals surface area contributed by atoms with Crippen molar-refractivity contribution in [2.45, 2.75) is 13.3 Å². The Bertz CT molecular complexity index is 380. The van der Waals surface area contributed by atoms with Crippen LogP contribution >= 0.6 is 11.3 Å². The third-order valence-corrected chi connectivity index (χ3v) is 3.32. The van der Waals surface area contributed by atoms with Gasteiger partial charge in [-0.05, 0) is 6.42 Å². The topological polar surface area (TPSA) is 91.5 Å². The van der Waals surface area contributed by atoms with Gasteiger partial charge in [-0.2, -0.15) is 0 Å². The SMILES string of the molecule is CCCN(C)c1nc(N)c(C(=O)NCCO)s1. The number of nitrogens with zero attached hydrogens (tertiary/aromatic N) is 2. The number of aliphatic hydroxyl groups is 1. The highest BCUT2D eigenvalue weighted by Crippen LogP contribution is 2.27. The van der Waals surface area contributed by atoms with Gasteiger partial charge in [-0.15, -0.1) is 0 Å². The van der Waals surface area contributed by atoms with Crippen LogP contribution < -0.4 is 16.0 Å². The number of rotatable bonds is 6. The van der Waals surface area contributed by atoms with Crippen LogP contribution in [-0.4, -0.2) is 42.7 Å². The van der Waals surface area contributed by atoms with Crippen LogP contribution in [0.2, 0.25) is 0 Å². The maximum absolute atomic E-state index is 11.7. The maximum atomic E-state index is 11.7. The number of thiazole rings is 1. The summed E-state index contributed by atoms with van der Waals surface area (Å²) in [6.45, 7) is 3.07. The molecule has 4 N–H and O–H groups in total. The summed E-state index contributed by atoms with van der Waals surface area (Å²) in [6.07, 6.45) is 1.00. The van der Waals surface area contributed by atoms with Gasteiger partial charge in [-0.25, -0.2) is 4.98 Å². The van der Waals surface area contributed by atoms with Gasteiger partial charge < -0.3 is 21.1 Å². The van der Waals surface area contributed by atoms with Crippen LogP contribution in [0, 0.1) is 0 Å². The maximum Gasteiger partial charge on any atom is 0.265 e. The van der Waals surface area contributed by atoms with Gasteiger partial charge in [0.15, 0.2) is 5.13 Å². The predicted octanol–water partition coefficient (Wildman–Crippen LogP) is 0.294. The minimum absolute atomic E-state index is 0.0902. The molecule has 0 bridgehead atoms. The molecule has 1 aromatic heterocycles. The van der Waals surface area contributed by atoms with Crippen molar-refractivity contribution in [1.29, 1.82) is 0 Å². The summed E-state index contributed by atoms with van der Waals surface area (Å²) < 4.78 is 0. The summed E-state index contributed by atoms with van der Waals surface area (Å²) in [7, 11) is 1.91. The summed E-state index contributed by atoms with van der Waals surface area (Å²) in [4.78, 5) is 18.2. The van der Waals surface area contributed by atoms with E-state index in [0.717, 1.165) is 18.1 Å². The molecule has 0 aromatic carbocycles. The number of aliphatic hydroxyl groups excluding tert-OH is 1. The fourth-order valence-electron chi connectivity index (χ4n) is 1.33. The van der Waals surface area contributed by atoms with Crippen LogP contribution in [0.5, 0.6) is 0 Å². The van der Waals surface area contributed by atoms with Crippen molar-refractivity contribution in [2.24, 2.45) is 0 Å². The molecule has 1 aromatic rings. The van der Waals surface area contributed by atoms with Crippen LogP contribution in [-0.2, 0) is 0 Å². The Morgan fingerprint density at radius 2 is 2.35 bits per heavy atom. The van der Waals surface area contributed by atoms with Gasteiger partial charge in [0.25, 0.3) is 5.91 Å². The number of nitrogens with one attached hydrogen (secondary N) is 1. The van der Waals surface area contributed by atoms with Crippen molar-refractivity contribution >= 4 is 28.2 Å². The highest BCUT2D eigenvalue weighted by molar-refractivity contribution is 7.18. The minimum Gasteiger partial charge on any atom is -0.395 e. The number of aromatic nitrogens is 1. The van der Waals surface area contributed by atoms with Crippen molar-refractivity contribution in [2.75, 3.05) is 37.4 Å². The smallest absolute Gasteiger partial charge is 0.265 e. The number of hydrogen-bond acceptors (Lipinski definition) is 6. The van der Waals surface area contributed by atoms with Crippen LogP contribution in [0.4, 0.5) is 10.9 Å². The van der Waals surface area contributed by atoms with Gasteiger partial charge in [0.1, 0.15) is 10.7 Å². The van der Waals surface area contributed by atoms with Crippen molar-refractivity contribution in [3.63, 3.8) is 0 Å². The van der Waals surface area contributed by atoms with Crippen molar-refractivity contribution in [3.8, 4) is 0 Å². The fourth-order valence-corrected chi connectivity index (χ4v) is 2.22. The van der Waals surface area contributed by atoms with Crippen molar-refractivity contribution in [1.82, 2.24) is 10.3 Å². The van der Waals surface area contributed by atoms with Gasteiger partial charge in [0.05, 0.1) is 6.61 Å². The molecule has 1 amide bonds. The third kappa shape index (κ3) is 3.57. The number of carbonyl (C=O) groups is 1. The van der Waals surface area contributed by atoms with E-state index in [-0.39, 0.29) is 24.9 Å². The lowest BCUT2D eigenvalue weighted by Crippen LogP contribution is -2.26. The molecule has 0 aliphatic heterocycles. The molecule has 0 fully saturated rings. The number of anilines is 2. The first-order chi connectivity index (χ1) is 8.10. The highest BCUT2D eigenvalue weighted by Gasteiger charge is 2.17. The lowest BCUT2D eigenvalue weighted by Gasteiger charge is -2.13. The van der Waals surface area contributed by atoms with Gasteiger partial charge in [-0.3, -0.25) is 4.79 Å². The number of amides is 1. The first-order valence-corrected chi connectivity index (χ1v) is 6.28. The zero-order chi connectivity index (χ0) is 12.8. The Labute approximate surface area is 104 Å². The van der Waals surface area contributed by atoms with Gasteiger partial charge in [0, 0.05) is 20.1 Å². The zero-order valence-electron chi connectivity index (χ0n) is 10.1. The van der Waals surface area contributed by atoms with E-state index < -0.39 is 0 Å². The largest absolute Gasteiger partial charge is 0.395 e. The Kier molecular flexibility index (Phi) is 5.17. The molecule has 0 saturated heterocycles. The molecule has 0 spiro atoms. The minimum atomic E-state index is -0.287. The molecule has 0 unspecified atom stereocenters. The molecule has 0 saturated carbocycles. The molecule has 0 aliphatic rings. The van der Waals surface area contributed by atoms with E-state index in [1.807, 2.05) is 11.9 Å². The fraction of sp³-hybridized carbons (Fsp3) is 0.600. The van der Waals surface area contributed by atoms with Crippen LogP contribution in [0.25, 0.3) is 0 Å². The highest BCUT2D eigenvalue weighted by atomic mass is 32.1. The van der Waals surface area contributed by atoms with Crippen LogP contribution in [0.3, 0.4) is 0 Å². The molecular weight excluding hydrogens is 240 g/mol. The second kappa shape index (κ2) is 6.41. The van der Waals surface area contributed by atoms with Gasteiger partial charge in [-0.1, -0.05) is 18.3 Å². The Morgan fingerprint density at radius 1 is 1.65 bits per heavy atom. The molecule has 7 heteroatoms. The molecule has 17 heavy (non-hydrogen) atoms. The monoisotopic (exact) mass is 258 g/mol. The van der Waals surface area contributed by atoms with Crippen molar-refractivity contribution in [3.05, 3.63) is 4.88 Å².